The van der Waals surface area contributed by atoms with Crippen molar-refractivity contribution in [2.24, 2.45) is 0 Å². The number of hydrogen-bond donors (Lipinski definition) is 3. The van der Waals surface area contributed by atoms with Crippen molar-refractivity contribution in [2.45, 2.75) is 19.3 Å². The Morgan fingerprint density at radius 3 is 2.04 bits per heavy atom. The van der Waals surface area contributed by atoms with Crippen LogP contribution in [0, 0.1) is 6.92 Å². The first-order valence-corrected chi connectivity index (χ1v) is 12.2. The van der Waals surface area contributed by atoms with E-state index in [4.69, 9.17) is 29.5 Å². The van der Waals surface area contributed by atoms with Gasteiger partial charge in [0.05, 0.1) is 18.3 Å². The Balaban J connectivity index is 0.000000331. The summed E-state index contributed by atoms with van der Waals surface area (Å²) < 4.78 is 70.5. The van der Waals surface area contributed by atoms with Crippen molar-refractivity contribution >= 4 is 34.5 Å². The number of anilines is 2. The number of benzene rings is 2. The molecule has 18 heteroatoms. The maximum atomic E-state index is 10.6. The van der Waals surface area contributed by atoms with Gasteiger partial charge in [-0.25, -0.2) is 34.2 Å². The average Bonchev–Trinajstić information content (AvgIpc) is 3.43. The molecule has 0 aliphatic rings. The lowest BCUT2D eigenvalue weighted by molar-refractivity contribution is -0.193. The molecule has 0 radical (unpaired) electrons. The molecule has 0 bridgehead atoms. The number of rotatable bonds is 5. The predicted octanol–water partition coefficient (Wildman–Crippen LogP) is 5.60. The number of hydrogen-bond acceptors (Lipinski definition) is 9. The van der Waals surface area contributed by atoms with Crippen LogP contribution in [0.1, 0.15) is 5.82 Å². The molecule has 0 amide bonds. The zero-order valence-electron chi connectivity index (χ0n) is 23.0. The van der Waals surface area contributed by atoms with Gasteiger partial charge in [-0.1, -0.05) is 18.2 Å². The zero-order chi connectivity index (χ0) is 33.4. The van der Waals surface area contributed by atoms with E-state index >= 15 is 0 Å². The SMILES string of the molecule is COc1cc(-c2cccc3cnc(Nc4ccc(-n5cnc(C)n5)cc4)nc23)ccn1.O=C(O)C(F)(F)F.O=C(O)C(F)(F)F. The maximum absolute atomic E-state index is 10.6. The van der Waals surface area contributed by atoms with Gasteiger partial charge in [-0.15, -0.1) is 0 Å². The largest absolute Gasteiger partial charge is 0.490 e. The molecule has 0 atom stereocenters. The van der Waals surface area contributed by atoms with E-state index in [1.54, 1.807) is 24.3 Å². The Morgan fingerprint density at radius 1 is 0.889 bits per heavy atom. The molecule has 0 aliphatic heterocycles. The fourth-order valence-corrected chi connectivity index (χ4v) is 3.33. The monoisotopic (exact) mass is 637 g/mol. The topological polar surface area (TPSA) is 165 Å². The molecule has 0 aliphatic carbocycles. The van der Waals surface area contributed by atoms with Crippen LogP contribution in [0.3, 0.4) is 0 Å². The zero-order valence-corrected chi connectivity index (χ0v) is 23.0. The first kappa shape index (κ1) is 33.7. The van der Waals surface area contributed by atoms with E-state index in [1.165, 1.54) is 0 Å². The van der Waals surface area contributed by atoms with Crippen LogP contribution in [-0.2, 0) is 9.59 Å². The van der Waals surface area contributed by atoms with Gasteiger partial charge in [0.25, 0.3) is 0 Å². The van der Waals surface area contributed by atoms with Crippen molar-refractivity contribution in [2.75, 3.05) is 12.4 Å². The number of halogens is 6. The number of fused-ring (bicyclic) bond motifs is 1. The molecule has 0 unspecified atom stereocenters. The summed E-state index contributed by atoms with van der Waals surface area (Å²) in [6.45, 7) is 1.86. The number of carbonyl (C=O) groups is 2. The fourth-order valence-electron chi connectivity index (χ4n) is 3.33. The molecule has 0 saturated carbocycles. The lowest BCUT2D eigenvalue weighted by Gasteiger charge is -2.10. The number of aliphatic carboxylic acids is 2. The third-order valence-corrected chi connectivity index (χ3v) is 5.35. The van der Waals surface area contributed by atoms with Crippen LogP contribution < -0.4 is 10.1 Å². The van der Waals surface area contributed by atoms with E-state index in [0.717, 1.165) is 39.2 Å². The van der Waals surface area contributed by atoms with E-state index < -0.39 is 24.3 Å². The third kappa shape index (κ3) is 9.60. The number of aromatic nitrogens is 6. The molecule has 5 aromatic rings. The molecule has 3 aromatic heterocycles. The van der Waals surface area contributed by atoms with Crippen molar-refractivity contribution in [1.29, 1.82) is 0 Å². The van der Waals surface area contributed by atoms with E-state index in [0.29, 0.717) is 11.8 Å². The second kappa shape index (κ2) is 14.1. The molecule has 236 valence electrons. The van der Waals surface area contributed by atoms with E-state index in [1.807, 2.05) is 67.7 Å². The van der Waals surface area contributed by atoms with Crippen LogP contribution >= 0.6 is 0 Å². The van der Waals surface area contributed by atoms with Crippen molar-refractivity contribution in [3.05, 3.63) is 79.1 Å². The number of nitrogens with one attached hydrogen (secondary N) is 1. The molecule has 0 fully saturated rings. The summed E-state index contributed by atoms with van der Waals surface area (Å²) in [4.78, 5) is 35.4. The first-order valence-electron chi connectivity index (χ1n) is 12.2. The summed E-state index contributed by atoms with van der Waals surface area (Å²) in [6.07, 6.45) is -4.93. The Labute approximate surface area is 249 Å². The number of carboxylic acids is 2. The van der Waals surface area contributed by atoms with Gasteiger partial charge in [0, 0.05) is 35.1 Å². The Morgan fingerprint density at radius 2 is 1.51 bits per heavy atom. The van der Waals surface area contributed by atoms with Crippen LogP contribution in [-0.4, -0.2) is 71.3 Å². The number of pyridine rings is 1. The molecular weight excluding hydrogens is 616 g/mol. The van der Waals surface area contributed by atoms with Gasteiger partial charge >= 0.3 is 24.3 Å². The van der Waals surface area contributed by atoms with Gasteiger partial charge in [0.2, 0.25) is 11.8 Å². The molecule has 3 N–H and O–H groups in total. The maximum Gasteiger partial charge on any atom is 0.490 e. The first-order chi connectivity index (χ1) is 21.1. The number of methoxy groups -OCH3 is 1. The summed E-state index contributed by atoms with van der Waals surface area (Å²) >= 11 is 0. The lowest BCUT2D eigenvalue weighted by Crippen LogP contribution is -2.21. The number of nitrogens with zero attached hydrogens (tertiary/aromatic N) is 6. The van der Waals surface area contributed by atoms with Crippen molar-refractivity contribution in [3.63, 3.8) is 0 Å². The highest BCUT2D eigenvalue weighted by Gasteiger charge is 2.38. The molecular formula is C27H21F6N7O5. The van der Waals surface area contributed by atoms with E-state index in [-0.39, 0.29) is 0 Å². The summed E-state index contributed by atoms with van der Waals surface area (Å²) in [5.41, 5.74) is 4.63. The molecule has 0 spiro atoms. The molecule has 12 nitrogen and oxygen atoms in total. The predicted molar refractivity (Wildman–Crippen MR) is 146 cm³/mol. The quantitative estimate of drug-likeness (QED) is 0.205. The highest BCUT2D eigenvalue weighted by molar-refractivity contribution is 5.94. The molecule has 45 heavy (non-hydrogen) atoms. The van der Waals surface area contributed by atoms with E-state index in [2.05, 4.69) is 25.4 Å². The van der Waals surface area contributed by atoms with Gasteiger partial charge in [-0.2, -0.15) is 31.4 Å². The Hall–Kier alpha value is -5.81. The van der Waals surface area contributed by atoms with Crippen molar-refractivity contribution in [1.82, 2.24) is 29.7 Å². The summed E-state index contributed by atoms with van der Waals surface area (Å²) in [5.74, 6) is -3.70. The normalized spacial score (nSPS) is 11.0. The minimum Gasteiger partial charge on any atom is -0.481 e. The summed E-state index contributed by atoms with van der Waals surface area (Å²) in [7, 11) is 1.61. The fraction of sp³-hybridized carbons (Fsp3) is 0.148. The molecule has 5 rings (SSSR count). The minimum absolute atomic E-state index is 0.519. The number of ether oxygens (including phenoxy) is 1. The number of para-hydroxylation sites is 1. The lowest BCUT2D eigenvalue weighted by atomic mass is 10.0. The van der Waals surface area contributed by atoms with Gasteiger partial charge in [-0.3, -0.25) is 0 Å². The standard InChI is InChI=1S/C23H19N7O.2C2HF3O2/c1-15-26-14-30(29-15)19-8-6-18(7-9-19)27-23-25-13-17-4-3-5-20(22(17)28-23)16-10-11-24-21(12-16)31-2;2*3-2(4,5)1(6)7/h3-14H,1-2H3,(H,25,27,28);2*(H,6,7). The van der Waals surface area contributed by atoms with Crippen LogP contribution in [0.4, 0.5) is 38.0 Å². The second-order valence-corrected chi connectivity index (χ2v) is 8.54. The number of alkyl halides is 6. The Kier molecular flexibility index (Phi) is 10.6. The van der Waals surface area contributed by atoms with Crippen LogP contribution in [0.2, 0.25) is 0 Å². The highest BCUT2D eigenvalue weighted by atomic mass is 19.4. The number of aryl methyl sites for hydroxylation is 1. The van der Waals surface area contributed by atoms with Gasteiger partial charge in [0.1, 0.15) is 12.2 Å². The van der Waals surface area contributed by atoms with E-state index in [9.17, 15) is 26.3 Å². The smallest absolute Gasteiger partial charge is 0.481 e. The molecule has 0 saturated heterocycles. The second-order valence-electron chi connectivity index (χ2n) is 8.54. The third-order valence-electron chi connectivity index (χ3n) is 5.35. The van der Waals surface area contributed by atoms with Crippen molar-refractivity contribution in [3.8, 4) is 22.7 Å². The highest BCUT2D eigenvalue weighted by Crippen LogP contribution is 2.29. The summed E-state index contributed by atoms with van der Waals surface area (Å²) in [6, 6.07) is 17.7. The molecule has 3 heterocycles. The number of carboxylic acid groups (broad SMARTS) is 2. The minimum atomic E-state index is -5.08. The average molecular weight is 637 g/mol. The Bertz CT molecular complexity index is 1750. The molecule has 2 aromatic carbocycles. The summed E-state index contributed by atoms with van der Waals surface area (Å²) in [5, 5.41) is 22.8. The van der Waals surface area contributed by atoms with Crippen LogP contribution in [0.5, 0.6) is 5.88 Å². The van der Waals surface area contributed by atoms with Crippen LogP contribution in [0.15, 0.2) is 73.3 Å². The van der Waals surface area contributed by atoms with Gasteiger partial charge < -0.3 is 20.3 Å². The van der Waals surface area contributed by atoms with Crippen LogP contribution in [0.25, 0.3) is 27.7 Å². The van der Waals surface area contributed by atoms with Crippen molar-refractivity contribution < 1.29 is 50.9 Å². The van der Waals surface area contributed by atoms with Gasteiger partial charge in [-0.05, 0) is 42.8 Å². The van der Waals surface area contributed by atoms with Gasteiger partial charge in [0.15, 0.2) is 0 Å².